The van der Waals surface area contributed by atoms with Crippen LogP contribution >= 0.6 is 0 Å². The Morgan fingerprint density at radius 2 is 1.74 bits per heavy atom. The number of fused-ring (bicyclic) bond motifs is 3. The molecule has 6 nitrogen and oxygen atoms in total. The van der Waals surface area contributed by atoms with E-state index in [1.807, 2.05) is 11.9 Å². The molecule has 4 rings (SSSR count). The number of halogens is 5. The van der Waals surface area contributed by atoms with E-state index < -0.39 is 24.0 Å². The molecule has 0 aliphatic carbocycles. The molecule has 3 heterocycles. The summed E-state index contributed by atoms with van der Waals surface area (Å²) in [5.41, 5.74) is -0.708. The number of anilines is 1. The number of piperazine rings is 1. The highest BCUT2D eigenvalue weighted by molar-refractivity contribution is 5.93. The molecule has 2 aromatic heterocycles. The molecule has 144 valence electrons. The molecular weight excluding hydrogens is 371 g/mol. The third-order valence-electron chi connectivity index (χ3n) is 4.58. The van der Waals surface area contributed by atoms with Crippen LogP contribution in [0, 0.1) is 0 Å². The Labute approximate surface area is 150 Å². The van der Waals surface area contributed by atoms with Crippen molar-refractivity contribution in [1.29, 1.82) is 0 Å². The van der Waals surface area contributed by atoms with Crippen molar-refractivity contribution < 1.29 is 22.0 Å². The lowest BCUT2D eigenvalue weighted by Gasteiger charge is -2.33. The van der Waals surface area contributed by atoms with Crippen molar-refractivity contribution in [2.45, 2.75) is 12.6 Å². The van der Waals surface area contributed by atoms with Crippen molar-refractivity contribution in [1.82, 2.24) is 24.5 Å². The maximum Gasteiger partial charge on any atom is 0.416 e. The molecule has 3 aromatic rings. The molecule has 0 saturated carbocycles. The summed E-state index contributed by atoms with van der Waals surface area (Å²) in [5, 5.41) is 3.83. The predicted molar refractivity (Wildman–Crippen MR) is 88.0 cm³/mol. The van der Waals surface area contributed by atoms with Crippen LogP contribution in [-0.4, -0.2) is 57.7 Å². The zero-order valence-corrected chi connectivity index (χ0v) is 14.2. The van der Waals surface area contributed by atoms with E-state index in [1.54, 1.807) is 0 Å². The minimum absolute atomic E-state index is 0.0297. The van der Waals surface area contributed by atoms with Crippen LogP contribution in [0.25, 0.3) is 16.6 Å². The number of nitrogens with zero attached hydrogens (tertiary/aromatic N) is 6. The van der Waals surface area contributed by atoms with Gasteiger partial charge in [-0.2, -0.15) is 17.7 Å². The first kappa shape index (κ1) is 17.8. The van der Waals surface area contributed by atoms with Crippen LogP contribution in [0.3, 0.4) is 0 Å². The summed E-state index contributed by atoms with van der Waals surface area (Å²) in [6, 6.07) is 3.02. The lowest BCUT2D eigenvalue weighted by atomic mass is 10.1. The molecule has 0 amide bonds. The van der Waals surface area contributed by atoms with Crippen molar-refractivity contribution in [3.63, 3.8) is 0 Å². The van der Waals surface area contributed by atoms with Crippen molar-refractivity contribution in [2.24, 2.45) is 0 Å². The standard InChI is InChI=1S/C16H15F5N6/c1-25-4-6-26(7-5-25)15-22-11-3-2-9(16(19,20)21)8-10(11)14-23-13(12(17)18)24-27(14)15/h2-3,8,12H,4-7H2,1H3. The number of benzene rings is 1. The number of aromatic nitrogens is 4. The van der Waals surface area contributed by atoms with E-state index in [1.165, 1.54) is 6.07 Å². The Morgan fingerprint density at radius 1 is 1.04 bits per heavy atom. The SMILES string of the molecule is CN1CCN(c2nc3ccc(C(F)(F)F)cc3c3nc(C(F)F)nn23)CC1. The molecule has 1 aromatic carbocycles. The largest absolute Gasteiger partial charge is 0.416 e. The fraction of sp³-hybridized carbons (Fsp3) is 0.438. The van der Waals surface area contributed by atoms with Crippen molar-refractivity contribution >= 4 is 22.5 Å². The third-order valence-corrected chi connectivity index (χ3v) is 4.58. The highest BCUT2D eigenvalue weighted by Crippen LogP contribution is 2.33. The first-order valence-electron chi connectivity index (χ1n) is 8.23. The van der Waals surface area contributed by atoms with E-state index in [9.17, 15) is 22.0 Å². The third kappa shape index (κ3) is 3.15. The van der Waals surface area contributed by atoms with Gasteiger partial charge in [-0.1, -0.05) is 0 Å². The second-order valence-electron chi connectivity index (χ2n) is 6.44. The van der Waals surface area contributed by atoms with Crippen molar-refractivity contribution in [3.8, 4) is 0 Å². The van der Waals surface area contributed by atoms with Gasteiger partial charge in [0.05, 0.1) is 11.1 Å². The fourth-order valence-electron chi connectivity index (χ4n) is 3.09. The molecule has 27 heavy (non-hydrogen) atoms. The van der Waals surface area contributed by atoms with Crippen LogP contribution in [0.15, 0.2) is 18.2 Å². The molecule has 0 N–H and O–H groups in total. The van der Waals surface area contributed by atoms with Gasteiger partial charge in [-0.05, 0) is 25.2 Å². The molecule has 11 heteroatoms. The van der Waals surface area contributed by atoms with E-state index in [0.717, 1.165) is 29.7 Å². The zero-order chi connectivity index (χ0) is 19.3. The summed E-state index contributed by atoms with van der Waals surface area (Å²) in [4.78, 5) is 12.2. The van der Waals surface area contributed by atoms with Gasteiger partial charge < -0.3 is 9.80 Å². The van der Waals surface area contributed by atoms with E-state index in [4.69, 9.17) is 0 Å². The molecule has 0 atom stereocenters. The van der Waals surface area contributed by atoms with E-state index in [2.05, 4.69) is 20.0 Å². The van der Waals surface area contributed by atoms with Crippen LogP contribution in [0.4, 0.5) is 27.9 Å². The average Bonchev–Trinajstić information content (AvgIpc) is 3.06. The van der Waals surface area contributed by atoms with Gasteiger partial charge in [0.15, 0.2) is 5.65 Å². The highest BCUT2D eigenvalue weighted by atomic mass is 19.4. The lowest BCUT2D eigenvalue weighted by molar-refractivity contribution is -0.137. The summed E-state index contributed by atoms with van der Waals surface area (Å²) in [7, 11) is 1.96. The number of alkyl halides is 5. The van der Waals surface area contributed by atoms with Crippen LogP contribution in [-0.2, 0) is 6.18 Å². The van der Waals surface area contributed by atoms with E-state index in [-0.39, 0.29) is 16.6 Å². The molecule has 0 bridgehead atoms. The van der Waals surface area contributed by atoms with E-state index >= 15 is 0 Å². The molecular formula is C16H15F5N6. The molecule has 1 fully saturated rings. The molecule has 0 spiro atoms. The van der Waals surface area contributed by atoms with Crippen molar-refractivity contribution in [2.75, 3.05) is 38.1 Å². The number of likely N-dealkylation sites (N-methyl/N-ethyl adjacent to an activating group) is 1. The minimum Gasteiger partial charge on any atom is -0.338 e. The quantitative estimate of drug-likeness (QED) is 0.634. The maximum absolute atomic E-state index is 13.1. The van der Waals surface area contributed by atoms with Crippen molar-refractivity contribution in [3.05, 3.63) is 29.6 Å². The van der Waals surface area contributed by atoms with E-state index in [0.29, 0.717) is 19.0 Å². The Bertz CT molecular complexity index is 990. The summed E-state index contributed by atoms with van der Waals surface area (Å²) in [6.07, 6.45) is -7.50. The Hall–Kier alpha value is -2.56. The second-order valence-corrected chi connectivity index (χ2v) is 6.44. The van der Waals surface area contributed by atoms with Crippen LogP contribution < -0.4 is 4.90 Å². The van der Waals surface area contributed by atoms with Gasteiger partial charge in [-0.3, -0.25) is 0 Å². The molecule has 0 unspecified atom stereocenters. The van der Waals surface area contributed by atoms with Crippen LogP contribution in [0.1, 0.15) is 17.8 Å². The molecule has 1 aliphatic rings. The topological polar surface area (TPSA) is 49.6 Å². The predicted octanol–water partition coefficient (Wildman–Crippen LogP) is 2.99. The zero-order valence-electron chi connectivity index (χ0n) is 14.2. The number of rotatable bonds is 2. The van der Waals surface area contributed by atoms with Crippen LogP contribution in [0.2, 0.25) is 0 Å². The highest BCUT2D eigenvalue weighted by Gasteiger charge is 2.31. The Morgan fingerprint density at radius 3 is 2.37 bits per heavy atom. The first-order valence-corrected chi connectivity index (χ1v) is 8.23. The van der Waals surface area contributed by atoms with Gasteiger partial charge in [0.2, 0.25) is 11.8 Å². The monoisotopic (exact) mass is 386 g/mol. The average molecular weight is 386 g/mol. The van der Waals surface area contributed by atoms with Gasteiger partial charge in [-0.15, -0.1) is 5.10 Å². The molecule has 1 saturated heterocycles. The summed E-state index contributed by atoms with van der Waals surface area (Å²) in [5.74, 6) is -0.443. The number of hydrogen-bond donors (Lipinski definition) is 0. The number of hydrogen-bond acceptors (Lipinski definition) is 5. The molecule has 0 radical (unpaired) electrons. The van der Waals surface area contributed by atoms with Gasteiger partial charge in [0.25, 0.3) is 6.43 Å². The lowest BCUT2D eigenvalue weighted by Crippen LogP contribution is -2.45. The smallest absolute Gasteiger partial charge is 0.338 e. The van der Waals surface area contributed by atoms with Gasteiger partial charge in [0.1, 0.15) is 0 Å². The Kier molecular flexibility index (Phi) is 4.13. The summed E-state index contributed by atoms with van der Waals surface area (Å²) in [6.45, 7) is 2.67. The second kappa shape index (κ2) is 6.25. The minimum atomic E-state index is -4.56. The Balaban J connectivity index is 1.95. The van der Waals surface area contributed by atoms with Crippen LogP contribution in [0.5, 0.6) is 0 Å². The van der Waals surface area contributed by atoms with Gasteiger partial charge >= 0.3 is 6.18 Å². The maximum atomic E-state index is 13.1. The van der Waals surface area contributed by atoms with Gasteiger partial charge in [-0.25, -0.2) is 18.7 Å². The first-order chi connectivity index (χ1) is 12.7. The molecule has 1 aliphatic heterocycles. The summed E-state index contributed by atoms with van der Waals surface area (Å²) < 4.78 is 66.6. The fourth-order valence-corrected chi connectivity index (χ4v) is 3.09. The summed E-state index contributed by atoms with van der Waals surface area (Å²) >= 11 is 0. The normalized spacial score (nSPS) is 16.8. The van der Waals surface area contributed by atoms with Gasteiger partial charge in [0, 0.05) is 31.6 Å².